The molecule has 20 heavy (non-hydrogen) atoms. The Balaban J connectivity index is 2.04. The third-order valence-electron chi connectivity index (χ3n) is 5.63. The normalized spacial score (nSPS) is 38.8. The smallest absolute Gasteiger partial charge is 0.226 e. The van der Waals surface area contributed by atoms with Crippen LogP contribution in [0.4, 0.5) is 0 Å². The van der Waals surface area contributed by atoms with Crippen molar-refractivity contribution in [3.05, 3.63) is 0 Å². The zero-order valence-corrected chi connectivity index (χ0v) is 13.7. The highest BCUT2D eigenvalue weighted by molar-refractivity contribution is 5.79. The largest absolute Gasteiger partial charge is 0.339 e. The van der Waals surface area contributed by atoms with Crippen LogP contribution >= 0.6 is 0 Å². The van der Waals surface area contributed by atoms with E-state index in [-0.39, 0.29) is 17.5 Å². The number of nitrogens with two attached hydrogens (primary N) is 1. The van der Waals surface area contributed by atoms with Gasteiger partial charge in [-0.1, -0.05) is 13.8 Å². The van der Waals surface area contributed by atoms with Gasteiger partial charge in [-0.15, -0.1) is 0 Å². The van der Waals surface area contributed by atoms with Crippen molar-refractivity contribution in [2.45, 2.75) is 52.1 Å². The fourth-order valence-corrected chi connectivity index (χ4v) is 3.69. The van der Waals surface area contributed by atoms with Gasteiger partial charge in [-0.25, -0.2) is 0 Å². The number of nitrogens with zero attached hydrogens (tertiary/aromatic N) is 2. The predicted molar refractivity (Wildman–Crippen MR) is 82.3 cm³/mol. The first-order chi connectivity index (χ1) is 9.22. The molecule has 0 aromatic carbocycles. The second kappa shape index (κ2) is 5.64. The van der Waals surface area contributed by atoms with Crippen molar-refractivity contribution in [2.75, 3.05) is 26.7 Å². The average molecular weight is 281 g/mol. The molecule has 2 rings (SSSR count). The van der Waals surface area contributed by atoms with Crippen LogP contribution in [0.2, 0.25) is 0 Å². The first-order valence-corrected chi connectivity index (χ1v) is 7.98. The molecule has 1 heterocycles. The molecule has 4 unspecified atom stereocenters. The highest BCUT2D eigenvalue weighted by Crippen LogP contribution is 2.34. The first kappa shape index (κ1) is 15.8. The molecule has 1 amide bonds. The van der Waals surface area contributed by atoms with Crippen LogP contribution in [0, 0.1) is 17.8 Å². The van der Waals surface area contributed by atoms with E-state index in [0.29, 0.717) is 17.7 Å². The van der Waals surface area contributed by atoms with E-state index in [1.807, 2.05) is 0 Å². The van der Waals surface area contributed by atoms with Gasteiger partial charge in [-0.3, -0.25) is 9.69 Å². The summed E-state index contributed by atoms with van der Waals surface area (Å²) in [5.74, 6) is 1.46. The number of hydrogen-bond donors (Lipinski definition) is 1. The summed E-state index contributed by atoms with van der Waals surface area (Å²) in [4.78, 5) is 17.3. The van der Waals surface area contributed by atoms with Crippen LogP contribution in [0.1, 0.15) is 40.5 Å². The van der Waals surface area contributed by atoms with Gasteiger partial charge in [0.2, 0.25) is 5.91 Å². The lowest BCUT2D eigenvalue weighted by Gasteiger charge is -2.47. The number of hydrogen-bond acceptors (Lipinski definition) is 3. The quantitative estimate of drug-likeness (QED) is 0.793. The zero-order chi connectivity index (χ0) is 15.1. The minimum absolute atomic E-state index is 0.0707. The third-order valence-corrected chi connectivity index (χ3v) is 5.63. The minimum atomic E-state index is 0.0707. The molecular weight excluding hydrogens is 250 g/mol. The Bertz CT molecular complexity index is 369. The van der Waals surface area contributed by atoms with E-state index >= 15 is 0 Å². The van der Waals surface area contributed by atoms with Gasteiger partial charge in [-0.05, 0) is 45.6 Å². The summed E-state index contributed by atoms with van der Waals surface area (Å²) in [6.07, 6.45) is 1.93. The molecule has 0 aromatic rings. The molecule has 2 aliphatic rings. The van der Waals surface area contributed by atoms with Gasteiger partial charge in [0.15, 0.2) is 0 Å². The molecule has 4 nitrogen and oxygen atoms in total. The molecule has 0 spiro atoms. The third kappa shape index (κ3) is 3.01. The monoisotopic (exact) mass is 281 g/mol. The molecule has 0 bridgehead atoms. The van der Waals surface area contributed by atoms with Crippen molar-refractivity contribution in [3.63, 3.8) is 0 Å². The number of piperazine rings is 1. The van der Waals surface area contributed by atoms with Crippen LogP contribution in [0.3, 0.4) is 0 Å². The summed E-state index contributed by atoms with van der Waals surface area (Å²) in [7, 11) is 2.14. The Morgan fingerprint density at radius 2 is 1.80 bits per heavy atom. The molecule has 2 N–H and O–H groups in total. The molecule has 1 saturated heterocycles. The van der Waals surface area contributed by atoms with Gasteiger partial charge >= 0.3 is 0 Å². The first-order valence-electron chi connectivity index (χ1n) is 7.98. The standard InChI is InChI=1S/C16H31N3O/c1-11-8-12(2)14(17)9-13(11)15(20)19-7-6-18(5)16(3,4)10-19/h11-14H,6-10,17H2,1-5H3. The Morgan fingerprint density at radius 1 is 1.15 bits per heavy atom. The van der Waals surface area contributed by atoms with Crippen molar-refractivity contribution in [1.29, 1.82) is 0 Å². The summed E-state index contributed by atoms with van der Waals surface area (Å²) in [6.45, 7) is 11.5. The molecule has 116 valence electrons. The number of amides is 1. The second-order valence-corrected chi connectivity index (χ2v) is 7.69. The van der Waals surface area contributed by atoms with Gasteiger partial charge in [-0.2, -0.15) is 0 Å². The summed E-state index contributed by atoms with van der Waals surface area (Å²) in [5.41, 5.74) is 6.27. The van der Waals surface area contributed by atoms with Crippen LogP contribution in [-0.2, 0) is 4.79 Å². The number of carbonyl (C=O) groups excluding carboxylic acids is 1. The topological polar surface area (TPSA) is 49.6 Å². The summed E-state index contributed by atoms with van der Waals surface area (Å²) in [5, 5.41) is 0. The molecular formula is C16H31N3O. The van der Waals surface area contributed by atoms with Gasteiger partial charge in [0.1, 0.15) is 0 Å². The van der Waals surface area contributed by atoms with Crippen molar-refractivity contribution >= 4 is 5.91 Å². The van der Waals surface area contributed by atoms with Crippen LogP contribution in [0.15, 0.2) is 0 Å². The zero-order valence-electron chi connectivity index (χ0n) is 13.7. The summed E-state index contributed by atoms with van der Waals surface area (Å²) >= 11 is 0. The molecule has 1 saturated carbocycles. The maximum atomic E-state index is 12.9. The van der Waals surface area contributed by atoms with E-state index in [1.165, 1.54) is 0 Å². The lowest BCUT2D eigenvalue weighted by molar-refractivity contribution is -0.143. The van der Waals surface area contributed by atoms with Crippen LogP contribution in [-0.4, -0.2) is 54.0 Å². The minimum Gasteiger partial charge on any atom is -0.339 e. The molecule has 4 heteroatoms. The van der Waals surface area contributed by atoms with Gasteiger partial charge in [0, 0.05) is 37.1 Å². The lowest BCUT2D eigenvalue weighted by Crippen LogP contribution is -2.60. The van der Waals surface area contributed by atoms with Crippen LogP contribution in [0.5, 0.6) is 0 Å². The van der Waals surface area contributed by atoms with Gasteiger partial charge < -0.3 is 10.6 Å². The van der Waals surface area contributed by atoms with Crippen molar-refractivity contribution in [1.82, 2.24) is 9.80 Å². The summed E-state index contributed by atoms with van der Waals surface area (Å²) in [6, 6.07) is 0.181. The molecule has 2 fully saturated rings. The predicted octanol–water partition coefficient (Wildman–Crippen LogP) is 1.55. The van der Waals surface area contributed by atoms with E-state index in [4.69, 9.17) is 5.73 Å². The van der Waals surface area contributed by atoms with Crippen LogP contribution < -0.4 is 5.73 Å². The number of rotatable bonds is 1. The molecule has 0 radical (unpaired) electrons. The van der Waals surface area contributed by atoms with Crippen molar-refractivity contribution in [2.24, 2.45) is 23.5 Å². The molecule has 4 atom stereocenters. The SMILES string of the molecule is CC1CC(C)C(C(=O)N2CCN(C)C(C)(C)C2)CC1N. The second-order valence-electron chi connectivity index (χ2n) is 7.69. The number of likely N-dealkylation sites (N-methyl/N-ethyl adjacent to an activating group) is 1. The van der Waals surface area contributed by atoms with Crippen LogP contribution in [0.25, 0.3) is 0 Å². The van der Waals surface area contributed by atoms with Gasteiger partial charge in [0.05, 0.1) is 0 Å². The fraction of sp³-hybridized carbons (Fsp3) is 0.938. The summed E-state index contributed by atoms with van der Waals surface area (Å²) < 4.78 is 0. The molecule has 1 aliphatic heterocycles. The molecule has 1 aliphatic carbocycles. The van der Waals surface area contributed by atoms with E-state index in [1.54, 1.807) is 0 Å². The Hall–Kier alpha value is -0.610. The fourth-order valence-electron chi connectivity index (χ4n) is 3.69. The lowest BCUT2D eigenvalue weighted by atomic mass is 9.72. The van der Waals surface area contributed by atoms with E-state index < -0.39 is 0 Å². The van der Waals surface area contributed by atoms with E-state index in [2.05, 4.69) is 44.5 Å². The highest BCUT2D eigenvalue weighted by Gasteiger charge is 2.40. The van der Waals surface area contributed by atoms with Crippen molar-refractivity contribution < 1.29 is 4.79 Å². The van der Waals surface area contributed by atoms with Crippen molar-refractivity contribution in [3.8, 4) is 0 Å². The average Bonchev–Trinajstić information content (AvgIpc) is 2.36. The Morgan fingerprint density at radius 3 is 2.40 bits per heavy atom. The maximum absolute atomic E-state index is 12.9. The van der Waals surface area contributed by atoms with E-state index in [9.17, 15) is 4.79 Å². The Kier molecular flexibility index (Phi) is 4.45. The number of carbonyl (C=O) groups is 1. The maximum Gasteiger partial charge on any atom is 0.226 e. The van der Waals surface area contributed by atoms with Gasteiger partial charge in [0.25, 0.3) is 0 Å². The Labute approximate surface area is 123 Å². The van der Waals surface area contributed by atoms with E-state index in [0.717, 1.165) is 32.5 Å². The highest BCUT2D eigenvalue weighted by atomic mass is 16.2. The molecule has 0 aromatic heterocycles.